The third kappa shape index (κ3) is 6.62. The molecule has 0 saturated heterocycles. The topological polar surface area (TPSA) is 51.2 Å². The molecule has 1 amide bonds. The van der Waals surface area contributed by atoms with Crippen LogP contribution in [0.5, 0.6) is 5.75 Å². The van der Waals surface area contributed by atoms with Gasteiger partial charge in [0.2, 0.25) is 5.91 Å². The van der Waals surface area contributed by atoms with Gasteiger partial charge in [0.05, 0.1) is 12.9 Å². The Balaban J connectivity index is 1.63. The number of methoxy groups -OCH3 is 1. The normalized spacial score (nSPS) is 11.8. The van der Waals surface area contributed by atoms with Gasteiger partial charge in [-0.15, -0.1) is 11.8 Å². The summed E-state index contributed by atoms with van der Waals surface area (Å²) >= 11 is 1.62. The number of nitrogens with one attached hydrogen (secondary N) is 1. The van der Waals surface area contributed by atoms with Crippen LogP contribution in [0.4, 0.5) is 0 Å². The monoisotopic (exact) mass is 344 g/mol. The first-order valence-electron chi connectivity index (χ1n) is 8.06. The minimum Gasteiger partial charge on any atom is -0.497 e. The Morgan fingerprint density at radius 1 is 1.17 bits per heavy atom. The lowest BCUT2D eigenvalue weighted by Crippen LogP contribution is -2.34. The Kier molecular flexibility index (Phi) is 7.62. The lowest BCUT2D eigenvalue weighted by molar-refractivity contribution is -0.119. The van der Waals surface area contributed by atoms with Gasteiger partial charge < -0.3 is 10.1 Å². The van der Waals surface area contributed by atoms with Gasteiger partial charge in [0.1, 0.15) is 5.75 Å². The molecule has 1 aromatic carbocycles. The second-order valence-corrected chi connectivity index (χ2v) is 6.69. The molecule has 0 radical (unpaired) electrons. The minimum atomic E-state index is 0.0938. The predicted octanol–water partition coefficient (Wildman–Crippen LogP) is 3.46. The van der Waals surface area contributed by atoms with Crippen molar-refractivity contribution in [3.05, 3.63) is 59.9 Å². The van der Waals surface area contributed by atoms with Crippen LogP contribution >= 0.6 is 11.8 Å². The fourth-order valence-corrected chi connectivity index (χ4v) is 3.10. The van der Waals surface area contributed by atoms with Gasteiger partial charge >= 0.3 is 0 Å². The van der Waals surface area contributed by atoms with Gasteiger partial charge in [0.15, 0.2) is 0 Å². The number of benzene rings is 1. The molecule has 24 heavy (non-hydrogen) atoms. The van der Waals surface area contributed by atoms with Gasteiger partial charge in [-0.3, -0.25) is 9.78 Å². The third-order valence-corrected chi connectivity index (χ3v) is 4.69. The first-order chi connectivity index (χ1) is 11.7. The molecule has 5 heteroatoms. The highest BCUT2D eigenvalue weighted by Gasteiger charge is 2.08. The van der Waals surface area contributed by atoms with Crippen molar-refractivity contribution in [3.8, 4) is 5.75 Å². The Labute approximate surface area is 148 Å². The number of hydrogen-bond donors (Lipinski definition) is 1. The van der Waals surface area contributed by atoms with Crippen molar-refractivity contribution in [2.75, 3.05) is 12.9 Å². The van der Waals surface area contributed by atoms with Gasteiger partial charge in [0, 0.05) is 24.2 Å². The molecular weight excluding hydrogens is 320 g/mol. The number of thioether (sulfide) groups is 1. The van der Waals surface area contributed by atoms with Crippen molar-refractivity contribution in [1.82, 2.24) is 10.3 Å². The fraction of sp³-hybridized carbons (Fsp3) is 0.368. The van der Waals surface area contributed by atoms with E-state index in [0.29, 0.717) is 5.75 Å². The van der Waals surface area contributed by atoms with Crippen LogP contribution in [-0.4, -0.2) is 29.8 Å². The lowest BCUT2D eigenvalue weighted by atomic mass is 10.1. The van der Waals surface area contributed by atoms with Gasteiger partial charge in [-0.2, -0.15) is 0 Å². The number of pyridine rings is 1. The maximum absolute atomic E-state index is 12.0. The van der Waals surface area contributed by atoms with Crippen LogP contribution in [0, 0.1) is 0 Å². The fourth-order valence-electron chi connectivity index (χ4n) is 2.30. The van der Waals surface area contributed by atoms with E-state index in [0.717, 1.165) is 24.3 Å². The van der Waals surface area contributed by atoms with Crippen molar-refractivity contribution in [1.29, 1.82) is 0 Å². The second-order valence-electron chi connectivity index (χ2n) is 5.70. The van der Waals surface area contributed by atoms with E-state index in [4.69, 9.17) is 4.74 Å². The molecule has 0 spiro atoms. The number of aryl methyl sites for hydroxylation is 1. The molecule has 0 aliphatic carbocycles. The molecule has 1 N–H and O–H groups in total. The highest BCUT2D eigenvalue weighted by molar-refractivity contribution is 7.99. The molecule has 1 heterocycles. The average Bonchev–Trinajstić information content (AvgIpc) is 2.61. The summed E-state index contributed by atoms with van der Waals surface area (Å²) in [5.41, 5.74) is 2.44. The number of carbonyl (C=O) groups excluding carboxylic acids is 1. The predicted molar refractivity (Wildman–Crippen MR) is 99.3 cm³/mol. The Morgan fingerprint density at radius 2 is 1.88 bits per heavy atom. The summed E-state index contributed by atoms with van der Waals surface area (Å²) in [5.74, 6) is 2.27. The molecule has 2 aromatic rings. The molecule has 4 nitrogen and oxygen atoms in total. The summed E-state index contributed by atoms with van der Waals surface area (Å²) in [7, 11) is 1.67. The van der Waals surface area contributed by atoms with Crippen LogP contribution in [0.15, 0.2) is 48.8 Å². The van der Waals surface area contributed by atoms with E-state index in [-0.39, 0.29) is 11.9 Å². The SMILES string of the molecule is COc1ccc(CC[C@@H](C)NC(=O)CSCc2ccncc2)cc1. The smallest absolute Gasteiger partial charge is 0.230 e. The van der Waals surface area contributed by atoms with Gasteiger partial charge in [-0.25, -0.2) is 0 Å². The number of amides is 1. The lowest BCUT2D eigenvalue weighted by Gasteiger charge is -2.14. The molecule has 2 rings (SSSR count). The number of carbonyl (C=O) groups is 1. The molecular formula is C19H24N2O2S. The number of aromatic nitrogens is 1. The van der Waals surface area contributed by atoms with Gasteiger partial charge in [-0.05, 0) is 55.2 Å². The molecule has 0 aliphatic heterocycles. The van der Waals surface area contributed by atoms with E-state index < -0.39 is 0 Å². The molecule has 1 aromatic heterocycles. The molecule has 0 fully saturated rings. The van der Waals surface area contributed by atoms with Gasteiger partial charge in [0.25, 0.3) is 0 Å². The second kappa shape index (κ2) is 9.98. The summed E-state index contributed by atoms with van der Waals surface area (Å²) in [5, 5.41) is 3.06. The van der Waals surface area contributed by atoms with Crippen LogP contribution in [0.2, 0.25) is 0 Å². The van der Waals surface area contributed by atoms with Crippen molar-refractivity contribution in [2.24, 2.45) is 0 Å². The third-order valence-electron chi connectivity index (χ3n) is 3.68. The first-order valence-corrected chi connectivity index (χ1v) is 9.22. The molecule has 0 saturated carbocycles. The van der Waals surface area contributed by atoms with Crippen molar-refractivity contribution >= 4 is 17.7 Å². The summed E-state index contributed by atoms with van der Waals surface area (Å²) in [4.78, 5) is 16.0. The van der Waals surface area contributed by atoms with E-state index in [1.165, 1.54) is 11.1 Å². The zero-order valence-electron chi connectivity index (χ0n) is 14.2. The summed E-state index contributed by atoms with van der Waals surface area (Å²) in [6.45, 7) is 2.05. The van der Waals surface area contributed by atoms with Crippen LogP contribution in [0.1, 0.15) is 24.5 Å². The van der Waals surface area contributed by atoms with E-state index in [9.17, 15) is 4.79 Å². The Bertz CT molecular complexity index is 617. The largest absolute Gasteiger partial charge is 0.497 e. The molecule has 0 unspecified atom stereocenters. The number of hydrogen-bond acceptors (Lipinski definition) is 4. The van der Waals surface area contributed by atoms with E-state index in [2.05, 4.69) is 29.4 Å². The van der Waals surface area contributed by atoms with Crippen LogP contribution < -0.4 is 10.1 Å². The maximum atomic E-state index is 12.0. The van der Waals surface area contributed by atoms with E-state index in [1.54, 1.807) is 31.3 Å². The first kappa shape index (κ1) is 18.3. The highest BCUT2D eigenvalue weighted by atomic mass is 32.2. The Morgan fingerprint density at radius 3 is 2.54 bits per heavy atom. The summed E-state index contributed by atoms with van der Waals surface area (Å²) in [6.07, 6.45) is 5.41. The zero-order valence-corrected chi connectivity index (χ0v) is 15.0. The zero-order chi connectivity index (χ0) is 17.2. The molecule has 0 bridgehead atoms. The molecule has 1 atom stereocenters. The van der Waals surface area contributed by atoms with Crippen molar-refractivity contribution < 1.29 is 9.53 Å². The molecule has 0 aliphatic rings. The van der Waals surface area contributed by atoms with E-state index in [1.807, 2.05) is 24.3 Å². The number of nitrogens with zero attached hydrogens (tertiary/aromatic N) is 1. The quantitative estimate of drug-likeness (QED) is 0.757. The highest BCUT2D eigenvalue weighted by Crippen LogP contribution is 2.14. The number of ether oxygens (including phenoxy) is 1. The Hall–Kier alpha value is -2.01. The van der Waals surface area contributed by atoms with Crippen molar-refractivity contribution in [2.45, 2.75) is 31.6 Å². The molecule has 128 valence electrons. The minimum absolute atomic E-state index is 0.0938. The summed E-state index contributed by atoms with van der Waals surface area (Å²) < 4.78 is 5.15. The number of rotatable bonds is 9. The standard InChI is InChI=1S/C19H24N2O2S/c1-15(3-4-16-5-7-18(23-2)8-6-16)21-19(22)14-24-13-17-9-11-20-12-10-17/h5-12,15H,3-4,13-14H2,1-2H3,(H,21,22)/t15-/m1/s1. The van der Waals surface area contributed by atoms with Crippen molar-refractivity contribution in [3.63, 3.8) is 0 Å². The van der Waals surface area contributed by atoms with E-state index >= 15 is 0 Å². The van der Waals surface area contributed by atoms with Crippen LogP contribution in [-0.2, 0) is 17.0 Å². The average molecular weight is 344 g/mol. The van der Waals surface area contributed by atoms with Crippen LogP contribution in [0.25, 0.3) is 0 Å². The van der Waals surface area contributed by atoms with Crippen LogP contribution in [0.3, 0.4) is 0 Å². The summed E-state index contributed by atoms with van der Waals surface area (Å²) in [6, 6.07) is 12.2. The maximum Gasteiger partial charge on any atom is 0.230 e. The van der Waals surface area contributed by atoms with Gasteiger partial charge in [-0.1, -0.05) is 12.1 Å².